The molecule has 1 aromatic heterocycles. The van der Waals surface area contributed by atoms with E-state index >= 15 is 0 Å². The third-order valence-corrected chi connectivity index (χ3v) is 4.26. The van der Waals surface area contributed by atoms with Gasteiger partial charge in [0, 0.05) is 43.1 Å². The summed E-state index contributed by atoms with van der Waals surface area (Å²) in [7, 11) is 0. The predicted molar refractivity (Wildman–Crippen MR) is 80.6 cm³/mol. The summed E-state index contributed by atoms with van der Waals surface area (Å²) >= 11 is 6.04. The molecule has 1 aliphatic heterocycles. The fraction of sp³-hybridized carbons (Fsp3) is 0.400. The Balaban J connectivity index is 1.87. The van der Waals surface area contributed by atoms with Crippen molar-refractivity contribution in [1.82, 2.24) is 14.5 Å². The van der Waals surface area contributed by atoms with Crippen LogP contribution in [0, 0.1) is 6.92 Å². The van der Waals surface area contributed by atoms with Crippen LogP contribution >= 0.6 is 11.6 Å². The van der Waals surface area contributed by atoms with Crippen molar-refractivity contribution < 1.29 is 0 Å². The Labute approximate surface area is 124 Å². The van der Waals surface area contributed by atoms with E-state index in [0.717, 1.165) is 30.5 Å². The number of halogens is 1. The predicted octanol–water partition coefficient (Wildman–Crippen LogP) is 2.36. The zero-order valence-electron chi connectivity index (χ0n) is 11.6. The van der Waals surface area contributed by atoms with E-state index in [2.05, 4.69) is 27.4 Å². The van der Waals surface area contributed by atoms with Crippen LogP contribution in [0.4, 0.5) is 0 Å². The second-order valence-corrected chi connectivity index (χ2v) is 5.70. The third-order valence-electron chi connectivity index (χ3n) is 4.03. The lowest BCUT2D eigenvalue weighted by molar-refractivity contribution is 0.156. The summed E-state index contributed by atoms with van der Waals surface area (Å²) in [5, 5.41) is 0.774. The van der Waals surface area contributed by atoms with Crippen molar-refractivity contribution in [2.75, 3.05) is 13.1 Å². The average molecular weight is 291 g/mol. The van der Waals surface area contributed by atoms with Crippen LogP contribution in [-0.2, 0) is 13.1 Å². The number of imidazole rings is 1. The molecular formula is C15H19ClN4. The summed E-state index contributed by atoms with van der Waals surface area (Å²) in [4.78, 5) is 6.81. The summed E-state index contributed by atoms with van der Waals surface area (Å²) in [5.74, 6) is 1.11. The van der Waals surface area contributed by atoms with E-state index in [9.17, 15) is 0 Å². The summed E-state index contributed by atoms with van der Waals surface area (Å²) < 4.78 is 2.21. The number of aromatic nitrogens is 2. The Bertz CT molecular complexity index is 608. The van der Waals surface area contributed by atoms with Crippen molar-refractivity contribution in [3.8, 4) is 0 Å². The molecule has 1 unspecified atom stereocenters. The Morgan fingerprint density at radius 3 is 3.00 bits per heavy atom. The standard InChI is InChI=1S/C15H19ClN4/c1-11-8-12(16)2-3-13(11)14(9-17)20-7-6-19-5-4-18-15(19)10-20/h2-5,8,14H,6-7,9-10,17H2,1H3. The highest BCUT2D eigenvalue weighted by atomic mass is 35.5. The molecule has 0 aliphatic carbocycles. The van der Waals surface area contributed by atoms with Gasteiger partial charge < -0.3 is 10.3 Å². The molecule has 106 valence electrons. The van der Waals surface area contributed by atoms with E-state index in [1.165, 1.54) is 11.1 Å². The Morgan fingerprint density at radius 1 is 1.40 bits per heavy atom. The Kier molecular flexibility index (Phi) is 3.78. The van der Waals surface area contributed by atoms with Crippen molar-refractivity contribution in [3.05, 3.63) is 52.6 Å². The van der Waals surface area contributed by atoms with Crippen molar-refractivity contribution in [2.24, 2.45) is 5.73 Å². The fourth-order valence-corrected chi connectivity index (χ4v) is 3.17. The first kappa shape index (κ1) is 13.6. The van der Waals surface area contributed by atoms with Gasteiger partial charge in [-0.25, -0.2) is 4.98 Å². The lowest BCUT2D eigenvalue weighted by atomic mass is 9.99. The first-order valence-electron chi connectivity index (χ1n) is 6.89. The van der Waals surface area contributed by atoms with Gasteiger partial charge in [0.2, 0.25) is 0 Å². The monoisotopic (exact) mass is 290 g/mol. The van der Waals surface area contributed by atoms with Gasteiger partial charge in [-0.05, 0) is 30.2 Å². The smallest absolute Gasteiger partial charge is 0.122 e. The Hall–Kier alpha value is -1.36. The van der Waals surface area contributed by atoms with Gasteiger partial charge >= 0.3 is 0 Å². The van der Waals surface area contributed by atoms with E-state index in [0.29, 0.717) is 6.54 Å². The molecule has 0 amide bonds. The van der Waals surface area contributed by atoms with Gasteiger partial charge in [0.15, 0.2) is 0 Å². The van der Waals surface area contributed by atoms with Crippen LogP contribution in [0.15, 0.2) is 30.6 Å². The molecule has 2 N–H and O–H groups in total. The topological polar surface area (TPSA) is 47.1 Å². The van der Waals surface area contributed by atoms with Crippen LogP contribution in [0.5, 0.6) is 0 Å². The van der Waals surface area contributed by atoms with Crippen LogP contribution < -0.4 is 5.73 Å². The molecule has 0 saturated heterocycles. The fourth-order valence-electron chi connectivity index (χ4n) is 2.94. The number of aryl methyl sites for hydroxylation is 1. The molecule has 0 radical (unpaired) electrons. The molecule has 5 heteroatoms. The zero-order valence-corrected chi connectivity index (χ0v) is 12.3. The van der Waals surface area contributed by atoms with Crippen LogP contribution in [0.3, 0.4) is 0 Å². The van der Waals surface area contributed by atoms with Crippen LogP contribution in [0.25, 0.3) is 0 Å². The zero-order chi connectivity index (χ0) is 14.1. The molecule has 20 heavy (non-hydrogen) atoms. The second-order valence-electron chi connectivity index (χ2n) is 5.26. The minimum Gasteiger partial charge on any atom is -0.333 e. The van der Waals surface area contributed by atoms with Gasteiger partial charge in [0.1, 0.15) is 5.82 Å². The van der Waals surface area contributed by atoms with Gasteiger partial charge in [-0.2, -0.15) is 0 Å². The molecule has 0 spiro atoms. The number of benzene rings is 1. The van der Waals surface area contributed by atoms with Crippen molar-refractivity contribution in [2.45, 2.75) is 26.1 Å². The van der Waals surface area contributed by atoms with Crippen LogP contribution in [-0.4, -0.2) is 27.5 Å². The molecule has 2 aromatic rings. The maximum absolute atomic E-state index is 6.04. The number of hydrogen-bond donors (Lipinski definition) is 1. The third kappa shape index (κ3) is 2.46. The molecule has 1 aliphatic rings. The van der Waals surface area contributed by atoms with Crippen molar-refractivity contribution >= 4 is 11.6 Å². The number of nitrogens with two attached hydrogens (primary N) is 1. The van der Waals surface area contributed by atoms with Crippen LogP contribution in [0.1, 0.15) is 23.0 Å². The lowest BCUT2D eigenvalue weighted by Gasteiger charge is -2.35. The minimum absolute atomic E-state index is 0.220. The minimum atomic E-state index is 0.220. The molecular weight excluding hydrogens is 272 g/mol. The van der Waals surface area contributed by atoms with Crippen LogP contribution in [0.2, 0.25) is 5.02 Å². The van der Waals surface area contributed by atoms with Gasteiger partial charge in [-0.3, -0.25) is 4.90 Å². The van der Waals surface area contributed by atoms with E-state index < -0.39 is 0 Å². The SMILES string of the molecule is Cc1cc(Cl)ccc1C(CN)N1CCn2ccnc2C1. The van der Waals surface area contributed by atoms with Gasteiger partial charge in [-0.15, -0.1) is 0 Å². The summed E-state index contributed by atoms with van der Waals surface area (Å²) in [6.45, 7) is 5.50. The number of fused-ring (bicyclic) bond motifs is 1. The molecule has 3 rings (SSSR count). The quantitative estimate of drug-likeness (QED) is 0.944. The van der Waals surface area contributed by atoms with Crippen molar-refractivity contribution in [1.29, 1.82) is 0 Å². The molecule has 2 heterocycles. The molecule has 4 nitrogen and oxygen atoms in total. The number of nitrogens with zero attached hydrogens (tertiary/aromatic N) is 3. The summed E-state index contributed by atoms with van der Waals surface area (Å²) in [6.07, 6.45) is 3.90. The molecule has 0 bridgehead atoms. The highest BCUT2D eigenvalue weighted by Gasteiger charge is 2.25. The first-order chi connectivity index (χ1) is 9.69. The van der Waals surface area contributed by atoms with Gasteiger partial charge in [0.05, 0.1) is 6.54 Å². The highest BCUT2D eigenvalue weighted by molar-refractivity contribution is 6.30. The largest absolute Gasteiger partial charge is 0.333 e. The second kappa shape index (κ2) is 5.56. The highest BCUT2D eigenvalue weighted by Crippen LogP contribution is 2.28. The molecule has 0 fully saturated rings. The van der Waals surface area contributed by atoms with Crippen molar-refractivity contribution in [3.63, 3.8) is 0 Å². The van der Waals surface area contributed by atoms with E-state index in [1.54, 1.807) is 0 Å². The maximum Gasteiger partial charge on any atom is 0.122 e. The average Bonchev–Trinajstić information content (AvgIpc) is 2.89. The number of rotatable bonds is 3. The molecule has 0 saturated carbocycles. The summed E-state index contributed by atoms with van der Waals surface area (Å²) in [6, 6.07) is 6.26. The van der Waals surface area contributed by atoms with E-state index in [-0.39, 0.29) is 6.04 Å². The normalized spacial score (nSPS) is 16.9. The molecule has 1 atom stereocenters. The van der Waals surface area contributed by atoms with Gasteiger partial charge in [-0.1, -0.05) is 17.7 Å². The Morgan fingerprint density at radius 2 is 2.25 bits per heavy atom. The lowest BCUT2D eigenvalue weighted by Crippen LogP contribution is -2.39. The van der Waals surface area contributed by atoms with E-state index in [1.807, 2.05) is 24.5 Å². The summed E-state index contributed by atoms with van der Waals surface area (Å²) in [5.41, 5.74) is 8.49. The van der Waals surface area contributed by atoms with E-state index in [4.69, 9.17) is 17.3 Å². The first-order valence-corrected chi connectivity index (χ1v) is 7.27. The molecule has 1 aromatic carbocycles. The maximum atomic E-state index is 6.04. The number of hydrogen-bond acceptors (Lipinski definition) is 3. The van der Waals surface area contributed by atoms with Gasteiger partial charge in [0.25, 0.3) is 0 Å².